The van der Waals surface area contributed by atoms with E-state index >= 15 is 0 Å². The third-order valence-electron chi connectivity index (χ3n) is 3.98. The molecule has 0 atom stereocenters. The minimum atomic E-state index is -0.271. The fourth-order valence-corrected chi connectivity index (χ4v) is 3.71. The van der Waals surface area contributed by atoms with Gasteiger partial charge in [0.1, 0.15) is 22.4 Å². The largest absolute Gasteiger partial charge is 0.497 e. The molecule has 0 fully saturated rings. The fraction of sp³-hybridized carbons (Fsp3) is 0.100. The van der Waals surface area contributed by atoms with E-state index in [9.17, 15) is 4.39 Å². The molecule has 0 amide bonds. The number of methoxy groups -OCH3 is 1. The van der Waals surface area contributed by atoms with Crippen molar-refractivity contribution in [2.75, 3.05) is 12.4 Å². The van der Waals surface area contributed by atoms with Gasteiger partial charge in [-0.15, -0.1) is 0 Å². The molecular formula is C20H17FN4OS. The molecule has 0 aliphatic carbocycles. The van der Waals surface area contributed by atoms with Crippen LogP contribution in [0, 0.1) is 12.7 Å². The zero-order valence-corrected chi connectivity index (χ0v) is 15.6. The first-order valence-electron chi connectivity index (χ1n) is 8.32. The third-order valence-corrected chi connectivity index (χ3v) is 4.97. The summed E-state index contributed by atoms with van der Waals surface area (Å²) in [6.45, 7) is 1.93. The molecular weight excluding hydrogens is 363 g/mol. The first-order valence-corrected chi connectivity index (χ1v) is 9.13. The summed E-state index contributed by atoms with van der Waals surface area (Å²) in [6, 6.07) is 16.1. The molecule has 5 nitrogen and oxygen atoms in total. The molecule has 27 heavy (non-hydrogen) atoms. The number of nitrogens with zero attached hydrogens (tertiary/aromatic N) is 2. The van der Waals surface area contributed by atoms with Crippen molar-refractivity contribution < 1.29 is 9.13 Å². The summed E-state index contributed by atoms with van der Waals surface area (Å²) in [5.41, 5.74) is 0.953. The average Bonchev–Trinajstić information content (AvgIpc) is 3.06. The van der Waals surface area contributed by atoms with Gasteiger partial charge in [0.25, 0.3) is 0 Å². The zero-order chi connectivity index (χ0) is 18.8. The summed E-state index contributed by atoms with van der Waals surface area (Å²) in [6.07, 6.45) is 0. The predicted octanol–water partition coefficient (Wildman–Crippen LogP) is 5.31. The van der Waals surface area contributed by atoms with Gasteiger partial charge in [0.05, 0.1) is 7.11 Å². The van der Waals surface area contributed by atoms with E-state index in [1.807, 2.05) is 43.3 Å². The number of aromatic amines is 1. The SMILES string of the molecule is COc1ccc2c(Sc3cccc(F)c3)nc(Nc3cc(C)[nH]n3)cc2c1. The number of anilines is 2. The second-order valence-corrected chi connectivity index (χ2v) is 7.08. The molecule has 0 radical (unpaired) electrons. The molecule has 2 heterocycles. The van der Waals surface area contributed by atoms with Crippen LogP contribution in [0.3, 0.4) is 0 Å². The van der Waals surface area contributed by atoms with Crippen LogP contribution in [-0.4, -0.2) is 22.3 Å². The van der Waals surface area contributed by atoms with Crippen LogP contribution in [0.1, 0.15) is 5.69 Å². The van der Waals surface area contributed by atoms with Crippen molar-refractivity contribution in [2.24, 2.45) is 0 Å². The minimum Gasteiger partial charge on any atom is -0.497 e. The van der Waals surface area contributed by atoms with Gasteiger partial charge in [-0.05, 0) is 54.8 Å². The van der Waals surface area contributed by atoms with E-state index in [1.54, 1.807) is 13.2 Å². The summed E-state index contributed by atoms with van der Waals surface area (Å²) in [7, 11) is 1.64. The number of aryl methyl sites for hydroxylation is 1. The van der Waals surface area contributed by atoms with Crippen molar-refractivity contribution >= 4 is 34.2 Å². The van der Waals surface area contributed by atoms with Gasteiger partial charge in [0.15, 0.2) is 5.82 Å². The van der Waals surface area contributed by atoms with Crippen LogP contribution in [0.15, 0.2) is 64.5 Å². The topological polar surface area (TPSA) is 62.8 Å². The summed E-state index contributed by atoms with van der Waals surface area (Å²) < 4.78 is 18.9. The molecule has 2 aromatic carbocycles. The maximum atomic E-state index is 13.6. The second-order valence-electron chi connectivity index (χ2n) is 6.02. The van der Waals surface area contributed by atoms with E-state index in [0.29, 0.717) is 11.6 Å². The Hall–Kier alpha value is -3.06. The Balaban J connectivity index is 1.79. The number of benzene rings is 2. The lowest BCUT2D eigenvalue weighted by molar-refractivity contribution is 0.415. The van der Waals surface area contributed by atoms with Gasteiger partial charge in [-0.25, -0.2) is 9.37 Å². The summed E-state index contributed by atoms with van der Waals surface area (Å²) in [5, 5.41) is 13.0. The molecule has 0 saturated heterocycles. The van der Waals surface area contributed by atoms with Crippen LogP contribution < -0.4 is 10.1 Å². The second kappa shape index (κ2) is 7.28. The number of H-pyrrole nitrogens is 1. The Kier molecular flexibility index (Phi) is 4.68. The monoisotopic (exact) mass is 380 g/mol. The van der Waals surface area contributed by atoms with E-state index in [-0.39, 0.29) is 5.82 Å². The summed E-state index contributed by atoms with van der Waals surface area (Å²) in [5.74, 6) is 1.83. The van der Waals surface area contributed by atoms with Crippen LogP contribution in [0.25, 0.3) is 10.8 Å². The lowest BCUT2D eigenvalue weighted by Gasteiger charge is -2.11. The standard InChI is InChI=1S/C20H17FN4OS/c1-12-8-19(25-24-12)22-18-10-13-9-15(26-2)6-7-17(13)20(23-18)27-16-5-3-4-14(21)11-16/h3-11H,1-2H3,(H2,22,23,24,25). The lowest BCUT2D eigenvalue weighted by atomic mass is 10.1. The highest BCUT2D eigenvalue weighted by Gasteiger charge is 2.11. The van der Waals surface area contributed by atoms with Crippen molar-refractivity contribution in [3.05, 3.63) is 66.1 Å². The Morgan fingerprint density at radius 2 is 1.96 bits per heavy atom. The fourth-order valence-electron chi connectivity index (χ4n) is 2.73. The molecule has 4 aromatic rings. The minimum absolute atomic E-state index is 0.271. The van der Waals surface area contributed by atoms with Gasteiger partial charge in [0, 0.05) is 22.0 Å². The molecule has 0 spiro atoms. The first-order chi connectivity index (χ1) is 13.1. The number of ether oxygens (including phenoxy) is 1. The average molecular weight is 380 g/mol. The van der Waals surface area contributed by atoms with Crippen molar-refractivity contribution in [3.8, 4) is 5.75 Å². The van der Waals surface area contributed by atoms with E-state index < -0.39 is 0 Å². The molecule has 0 aliphatic rings. The predicted molar refractivity (Wildman–Crippen MR) is 105 cm³/mol. The van der Waals surface area contributed by atoms with Crippen LogP contribution in [0.4, 0.5) is 16.0 Å². The van der Waals surface area contributed by atoms with E-state index in [0.717, 1.165) is 32.1 Å². The molecule has 2 aromatic heterocycles. The number of aromatic nitrogens is 3. The number of rotatable bonds is 5. The first kappa shape index (κ1) is 17.4. The van der Waals surface area contributed by atoms with E-state index in [2.05, 4.69) is 15.5 Å². The van der Waals surface area contributed by atoms with Gasteiger partial charge in [0.2, 0.25) is 0 Å². The van der Waals surface area contributed by atoms with Crippen molar-refractivity contribution in [2.45, 2.75) is 16.8 Å². The molecule has 0 saturated carbocycles. The molecule has 2 N–H and O–H groups in total. The lowest BCUT2D eigenvalue weighted by Crippen LogP contribution is -1.96. The highest BCUT2D eigenvalue weighted by atomic mass is 32.2. The number of fused-ring (bicyclic) bond motifs is 1. The molecule has 4 rings (SSSR count). The van der Waals surface area contributed by atoms with Gasteiger partial charge < -0.3 is 10.1 Å². The smallest absolute Gasteiger partial charge is 0.153 e. The van der Waals surface area contributed by atoms with Gasteiger partial charge >= 0.3 is 0 Å². The van der Waals surface area contributed by atoms with Crippen LogP contribution in [0.2, 0.25) is 0 Å². The third kappa shape index (κ3) is 3.88. The van der Waals surface area contributed by atoms with Crippen molar-refractivity contribution in [1.29, 1.82) is 0 Å². The van der Waals surface area contributed by atoms with Gasteiger partial charge in [-0.2, -0.15) is 5.10 Å². The Morgan fingerprint density at radius 3 is 2.70 bits per heavy atom. The maximum absolute atomic E-state index is 13.6. The summed E-state index contributed by atoms with van der Waals surface area (Å²) >= 11 is 1.41. The number of nitrogens with one attached hydrogen (secondary N) is 2. The van der Waals surface area contributed by atoms with Crippen LogP contribution in [0.5, 0.6) is 5.75 Å². The zero-order valence-electron chi connectivity index (χ0n) is 14.8. The number of hydrogen-bond donors (Lipinski definition) is 2. The quantitative estimate of drug-likeness (QED) is 0.491. The molecule has 0 unspecified atom stereocenters. The number of hydrogen-bond acceptors (Lipinski definition) is 5. The Labute approximate surface area is 160 Å². The molecule has 0 aliphatic heterocycles. The molecule has 0 bridgehead atoms. The van der Waals surface area contributed by atoms with Crippen LogP contribution in [-0.2, 0) is 0 Å². The van der Waals surface area contributed by atoms with Gasteiger partial charge in [-0.3, -0.25) is 5.10 Å². The normalized spacial score (nSPS) is 10.9. The summed E-state index contributed by atoms with van der Waals surface area (Å²) in [4.78, 5) is 5.51. The van der Waals surface area contributed by atoms with Crippen LogP contribution >= 0.6 is 11.8 Å². The van der Waals surface area contributed by atoms with E-state index in [4.69, 9.17) is 9.72 Å². The Morgan fingerprint density at radius 1 is 1.07 bits per heavy atom. The van der Waals surface area contributed by atoms with Crippen molar-refractivity contribution in [1.82, 2.24) is 15.2 Å². The number of pyridine rings is 1. The van der Waals surface area contributed by atoms with E-state index in [1.165, 1.54) is 23.9 Å². The molecule has 136 valence electrons. The van der Waals surface area contributed by atoms with Gasteiger partial charge in [-0.1, -0.05) is 17.8 Å². The maximum Gasteiger partial charge on any atom is 0.153 e. The Bertz CT molecular complexity index is 1110. The number of halogens is 1. The van der Waals surface area contributed by atoms with Crippen molar-refractivity contribution in [3.63, 3.8) is 0 Å². The highest BCUT2D eigenvalue weighted by Crippen LogP contribution is 2.35. The molecule has 7 heteroatoms. The highest BCUT2D eigenvalue weighted by molar-refractivity contribution is 7.99.